The smallest absolute Gasteiger partial charge is 0.243 e. The maximum absolute atomic E-state index is 12.9. The fourth-order valence-electron chi connectivity index (χ4n) is 3.28. The molecule has 1 aliphatic heterocycles. The van der Waals surface area contributed by atoms with Crippen LogP contribution < -0.4 is 5.32 Å². The Bertz CT molecular complexity index is 959. The molecule has 0 saturated carbocycles. The zero-order valence-electron chi connectivity index (χ0n) is 15.5. The molecule has 8 heteroatoms. The molecule has 150 valence electrons. The van der Waals surface area contributed by atoms with Gasteiger partial charge in [0.2, 0.25) is 10.0 Å². The van der Waals surface area contributed by atoms with Gasteiger partial charge in [-0.25, -0.2) is 8.42 Å². The van der Waals surface area contributed by atoms with Crippen LogP contribution in [0.2, 0.25) is 10.0 Å². The monoisotopic (exact) mass is 440 g/mol. The molecule has 2 aromatic rings. The van der Waals surface area contributed by atoms with Crippen LogP contribution >= 0.6 is 23.2 Å². The van der Waals surface area contributed by atoms with Crippen LogP contribution in [-0.4, -0.2) is 38.1 Å². The van der Waals surface area contributed by atoms with Crippen LogP contribution in [0.4, 0.5) is 5.69 Å². The van der Waals surface area contributed by atoms with Crippen molar-refractivity contribution in [1.82, 2.24) is 4.31 Å². The first kappa shape index (κ1) is 21.1. The summed E-state index contributed by atoms with van der Waals surface area (Å²) in [5, 5.41) is 3.76. The third kappa shape index (κ3) is 4.69. The van der Waals surface area contributed by atoms with Crippen molar-refractivity contribution >= 4 is 44.7 Å². The highest BCUT2D eigenvalue weighted by molar-refractivity contribution is 7.89. The quantitative estimate of drug-likeness (QED) is 0.660. The van der Waals surface area contributed by atoms with Crippen molar-refractivity contribution in [2.75, 3.05) is 25.0 Å². The van der Waals surface area contributed by atoms with Gasteiger partial charge in [-0.3, -0.25) is 4.79 Å². The van der Waals surface area contributed by atoms with E-state index in [2.05, 4.69) is 5.32 Å². The van der Waals surface area contributed by atoms with E-state index < -0.39 is 10.0 Å². The van der Waals surface area contributed by atoms with Crippen LogP contribution in [0.15, 0.2) is 47.4 Å². The molecular formula is C20H22Cl2N2O3S. The fourth-order valence-corrected chi connectivity index (χ4v) is 5.46. The molecule has 3 rings (SSSR count). The first-order chi connectivity index (χ1) is 13.3. The topological polar surface area (TPSA) is 66.5 Å². The third-order valence-electron chi connectivity index (χ3n) is 4.80. The molecule has 0 aliphatic carbocycles. The minimum Gasteiger partial charge on any atom is -0.375 e. The van der Waals surface area contributed by atoms with Gasteiger partial charge in [-0.1, -0.05) is 48.3 Å². The summed E-state index contributed by atoms with van der Waals surface area (Å²) in [6.07, 6.45) is 1.88. The van der Waals surface area contributed by atoms with Gasteiger partial charge in [0.25, 0.3) is 0 Å². The molecule has 0 amide bonds. The lowest BCUT2D eigenvalue weighted by Crippen LogP contribution is -2.39. The lowest BCUT2D eigenvalue weighted by molar-refractivity contribution is 0.101. The molecule has 0 radical (unpaired) electrons. The fraction of sp³-hybridized carbons (Fsp3) is 0.350. The number of anilines is 1. The second kappa shape index (κ2) is 8.82. The Labute approximate surface area is 175 Å². The highest BCUT2D eigenvalue weighted by Crippen LogP contribution is 2.30. The molecule has 2 aromatic carbocycles. The van der Waals surface area contributed by atoms with Crippen LogP contribution in [-0.2, 0) is 10.0 Å². The highest BCUT2D eigenvalue weighted by atomic mass is 35.5. The number of piperidine rings is 1. The second-order valence-electron chi connectivity index (χ2n) is 7.01. The predicted octanol–water partition coefficient (Wildman–Crippen LogP) is 4.71. The lowest BCUT2D eigenvalue weighted by atomic mass is 10.0. The number of carbonyl (C=O) groups is 1. The number of halogens is 2. The molecule has 1 heterocycles. The van der Waals surface area contributed by atoms with Gasteiger partial charge in [-0.05, 0) is 43.0 Å². The zero-order valence-corrected chi connectivity index (χ0v) is 17.8. The van der Waals surface area contributed by atoms with Crippen molar-refractivity contribution in [2.24, 2.45) is 5.92 Å². The van der Waals surface area contributed by atoms with E-state index in [1.165, 1.54) is 16.4 Å². The molecule has 1 saturated heterocycles. The molecule has 0 bridgehead atoms. The average molecular weight is 441 g/mol. The Morgan fingerprint density at radius 1 is 1.18 bits per heavy atom. The van der Waals surface area contributed by atoms with Crippen LogP contribution in [0.3, 0.4) is 0 Å². The Morgan fingerprint density at radius 2 is 1.86 bits per heavy atom. The number of nitrogens with zero attached hydrogens (tertiary/aromatic N) is 1. The molecular weight excluding hydrogens is 419 g/mol. The molecule has 1 N–H and O–H groups in total. The van der Waals surface area contributed by atoms with Gasteiger partial charge in [0.1, 0.15) is 0 Å². The number of para-hydroxylation sites is 1. The Morgan fingerprint density at radius 3 is 2.54 bits per heavy atom. The maximum atomic E-state index is 12.9. The summed E-state index contributed by atoms with van der Waals surface area (Å²) in [6, 6.07) is 11.2. The van der Waals surface area contributed by atoms with Crippen LogP contribution in [0.1, 0.15) is 30.1 Å². The summed E-state index contributed by atoms with van der Waals surface area (Å²) in [6.45, 7) is 3.02. The number of hydrogen-bond donors (Lipinski definition) is 1. The minimum absolute atomic E-state index is 0.0479. The number of sulfonamides is 1. The number of benzene rings is 2. The number of Topliss-reactive ketones (excluding diaryl/α,β-unsaturated/α-hetero) is 1. The average Bonchev–Trinajstić information content (AvgIpc) is 2.67. The summed E-state index contributed by atoms with van der Waals surface area (Å²) < 4.78 is 27.4. The van der Waals surface area contributed by atoms with Crippen LogP contribution in [0.25, 0.3) is 0 Å². The molecule has 1 fully saturated rings. The highest BCUT2D eigenvalue weighted by Gasteiger charge is 2.29. The number of nitrogens with one attached hydrogen (secondary N) is 1. The second-order valence-corrected chi connectivity index (χ2v) is 9.76. The SMILES string of the molecule is CC1CCCN(S(=O)(=O)c2cccc(C(=O)CNc3c(Cl)cccc3Cl)c2)C1. The predicted molar refractivity (Wildman–Crippen MR) is 113 cm³/mol. The number of carbonyl (C=O) groups excluding carboxylic acids is 1. The minimum atomic E-state index is -3.61. The van der Waals surface area contributed by atoms with Crippen molar-refractivity contribution in [3.63, 3.8) is 0 Å². The van der Waals surface area contributed by atoms with Gasteiger partial charge in [0, 0.05) is 18.7 Å². The Balaban J connectivity index is 1.76. The van der Waals surface area contributed by atoms with Gasteiger partial charge < -0.3 is 5.32 Å². The van der Waals surface area contributed by atoms with Crippen molar-refractivity contribution in [3.05, 3.63) is 58.1 Å². The van der Waals surface area contributed by atoms with Gasteiger partial charge in [0.15, 0.2) is 5.78 Å². The van der Waals surface area contributed by atoms with Crippen molar-refractivity contribution < 1.29 is 13.2 Å². The lowest BCUT2D eigenvalue weighted by Gasteiger charge is -2.30. The maximum Gasteiger partial charge on any atom is 0.243 e. The molecule has 0 spiro atoms. The molecule has 1 unspecified atom stereocenters. The van der Waals surface area contributed by atoms with E-state index in [1.807, 2.05) is 6.92 Å². The van der Waals surface area contributed by atoms with E-state index in [9.17, 15) is 13.2 Å². The van der Waals surface area contributed by atoms with Gasteiger partial charge >= 0.3 is 0 Å². The zero-order chi connectivity index (χ0) is 20.3. The first-order valence-electron chi connectivity index (χ1n) is 9.10. The van der Waals surface area contributed by atoms with E-state index in [1.54, 1.807) is 30.3 Å². The summed E-state index contributed by atoms with van der Waals surface area (Å²) in [4.78, 5) is 12.7. The first-order valence-corrected chi connectivity index (χ1v) is 11.3. The molecule has 0 aromatic heterocycles. The van der Waals surface area contributed by atoms with Crippen molar-refractivity contribution in [2.45, 2.75) is 24.7 Å². The largest absolute Gasteiger partial charge is 0.375 e. The molecule has 28 heavy (non-hydrogen) atoms. The standard InChI is InChI=1S/C20H22Cl2N2O3S/c1-14-5-4-10-24(13-14)28(26,27)16-7-2-6-15(11-16)19(25)12-23-20-17(21)8-3-9-18(20)22/h2-3,6-9,11,14,23H,4-5,10,12-13H2,1H3. The van der Waals surface area contributed by atoms with E-state index >= 15 is 0 Å². The van der Waals surface area contributed by atoms with Gasteiger partial charge in [-0.2, -0.15) is 4.31 Å². The molecule has 5 nitrogen and oxygen atoms in total. The summed E-state index contributed by atoms with van der Waals surface area (Å²) in [5.74, 6) is 0.0814. The third-order valence-corrected chi connectivity index (χ3v) is 7.29. The molecule has 1 atom stereocenters. The van der Waals surface area contributed by atoms with Gasteiger partial charge in [-0.15, -0.1) is 0 Å². The van der Waals surface area contributed by atoms with E-state index in [4.69, 9.17) is 23.2 Å². The summed E-state index contributed by atoms with van der Waals surface area (Å²) in [7, 11) is -3.61. The Kier molecular flexibility index (Phi) is 6.65. The van der Waals surface area contributed by atoms with Crippen molar-refractivity contribution in [1.29, 1.82) is 0 Å². The van der Waals surface area contributed by atoms with E-state index in [0.29, 0.717) is 40.3 Å². The van der Waals surface area contributed by atoms with Crippen LogP contribution in [0, 0.1) is 5.92 Å². The summed E-state index contributed by atoms with van der Waals surface area (Å²) in [5.41, 5.74) is 0.798. The van der Waals surface area contributed by atoms with Crippen LogP contribution in [0.5, 0.6) is 0 Å². The number of hydrogen-bond acceptors (Lipinski definition) is 4. The Hall–Kier alpha value is -1.60. The van der Waals surface area contributed by atoms with E-state index in [-0.39, 0.29) is 17.2 Å². The normalized spacial score (nSPS) is 18.0. The number of rotatable bonds is 6. The van der Waals surface area contributed by atoms with Gasteiger partial charge in [0.05, 0.1) is 27.2 Å². The van der Waals surface area contributed by atoms with Crippen molar-refractivity contribution in [3.8, 4) is 0 Å². The molecule has 1 aliphatic rings. The summed E-state index contributed by atoms with van der Waals surface area (Å²) >= 11 is 12.2. The number of ketones is 1. The van der Waals surface area contributed by atoms with E-state index in [0.717, 1.165) is 12.8 Å².